The van der Waals surface area contributed by atoms with Crippen molar-refractivity contribution in [3.05, 3.63) is 29.3 Å². The van der Waals surface area contributed by atoms with Gasteiger partial charge in [-0.3, -0.25) is 0 Å². The summed E-state index contributed by atoms with van der Waals surface area (Å²) in [6.45, 7) is 13.9. The Morgan fingerprint density at radius 1 is 1.14 bits per heavy atom. The molecule has 2 heteroatoms. The highest BCUT2D eigenvalue weighted by molar-refractivity contribution is 5.42. The molecule has 0 heterocycles. The standard InChI is InChI=1S/C19H33NO/c1-7-16(20)11-9-14(3)15-10-12-18(21-8-2)17(13-15)19(4,5)6/h10,12-14,16H,7-9,11,20H2,1-6H3. The highest BCUT2D eigenvalue weighted by atomic mass is 16.5. The molecule has 0 saturated heterocycles. The normalized spacial score (nSPS) is 14.8. The lowest BCUT2D eigenvalue weighted by Gasteiger charge is -2.25. The molecule has 0 aromatic heterocycles. The van der Waals surface area contributed by atoms with E-state index in [0.717, 1.165) is 25.0 Å². The summed E-state index contributed by atoms with van der Waals surface area (Å²) in [5, 5.41) is 0. The molecule has 0 fully saturated rings. The lowest BCUT2D eigenvalue weighted by Crippen LogP contribution is -2.19. The predicted molar refractivity (Wildman–Crippen MR) is 92.2 cm³/mol. The lowest BCUT2D eigenvalue weighted by atomic mass is 9.83. The van der Waals surface area contributed by atoms with E-state index in [2.05, 4.69) is 52.8 Å². The summed E-state index contributed by atoms with van der Waals surface area (Å²) in [5.74, 6) is 1.56. The van der Waals surface area contributed by atoms with Crippen LogP contribution in [0.2, 0.25) is 0 Å². The van der Waals surface area contributed by atoms with Crippen molar-refractivity contribution in [2.45, 2.75) is 78.2 Å². The minimum atomic E-state index is 0.0973. The van der Waals surface area contributed by atoms with E-state index in [0.29, 0.717) is 18.6 Å². The largest absolute Gasteiger partial charge is 0.494 e. The van der Waals surface area contributed by atoms with Crippen molar-refractivity contribution in [1.82, 2.24) is 0 Å². The first kappa shape index (κ1) is 18.0. The van der Waals surface area contributed by atoms with Gasteiger partial charge in [0.2, 0.25) is 0 Å². The van der Waals surface area contributed by atoms with Crippen molar-refractivity contribution in [2.24, 2.45) is 5.73 Å². The molecule has 0 aliphatic carbocycles. The molecule has 1 rings (SSSR count). The first-order chi connectivity index (χ1) is 9.79. The second kappa shape index (κ2) is 7.84. The van der Waals surface area contributed by atoms with Gasteiger partial charge in [0, 0.05) is 6.04 Å². The Hall–Kier alpha value is -1.02. The van der Waals surface area contributed by atoms with E-state index in [-0.39, 0.29) is 5.41 Å². The Morgan fingerprint density at radius 3 is 2.33 bits per heavy atom. The smallest absolute Gasteiger partial charge is 0.123 e. The molecular formula is C19H33NO. The molecule has 0 aliphatic rings. The third-order valence-electron chi connectivity index (χ3n) is 4.18. The lowest BCUT2D eigenvalue weighted by molar-refractivity contribution is 0.329. The van der Waals surface area contributed by atoms with E-state index in [9.17, 15) is 0 Å². The minimum absolute atomic E-state index is 0.0973. The zero-order chi connectivity index (χ0) is 16.0. The highest BCUT2D eigenvalue weighted by Gasteiger charge is 2.20. The van der Waals surface area contributed by atoms with E-state index in [1.54, 1.807) is 0 Å². The van der Waals surface area contributed by atoms with Crippen LogP contribution in [0.15, 0.2) is 18.2 Å². The second-order valence-corrected chi connectivity index (χ2v) is 7.09. The number of benzene rings is 1. The molecule has 0 spiro atoms. The second-order valence-electron chi connectivity index (χ2n) is 7.09. The molecule has 2 atom stereocenters. The summed E-state index contributed by atoms with van der Waals surface area (Å²) in [4.78, 5) is 0. The Balaban J connectivity index is 2.94. The first-order valence-corrected chi connectivity index (χ1v) is 8.32. The quantitative estimate of drug-likeness (QED) is 0.767. The van der Waals surface area contributed by atoms with Gasteiger partial charge < -0.3 is 10.5 Å². The predicted octanol–water partition coefficient (Wildman–Crippen LogP) is 5.00. The van der Waals surface area contributed by atoms with Crippen LogP contribution in [0.25, 0.3) is 0 Å². The van der Waals surface area contributed by atoms with Crippen LogP contribution in [0.3, 0.4) is 0 Å². The Bertz CT molecular complexity index is 434. The summed E-state index contributed by atoms with van der Waals surface area (Å²) in [5.41, 5.74) is 8.83. The van der Waals surface area contributed by atoms with Gasteiger partial charge in [-0.05, 0) is 54.7 Å². The van der Waals surface area contributed by atoms with E-state index in [1.807, 2.05) is 6.92 Å². The van der Waals surface area contributed by atoms with Crippen LogP contribution in [-0.2, 0) is 5.41 Å². The van der Waals surface area contributed by atoms with Crippen LogP contribution in [0, 0.1) is 0 Å². The third kappa shape index (κ3) is 5.35. The van der Waals surface area contributed by atoms with Crippen LogP contribution in [0.4, 0.5) is 0 Å². The van der Waals surface area contributed by atoms with Crippen molar-refractivity contribution in [1.29, 1.82) is 0 Å². The molecule has 0 saturated carbocycles. The van der Waals surface area contributed by atoms with Crippen LogP contribution >= 0.6 is 0 Å². The van der Waals surface area contributed by atoms with Crippen molar-refractivity contribution in [3.63, 3.8) is 0 Å². The average molecular weight is 291 g/mol. The fourth-order valence-electron chi connectivity index (χ4n) is 2.56. The number of hydrogen-bond donors (Lipinski definition) is 1. The first-order valence-electron chi connectivity index (χ1n) is 8.32. The molecule has 2 N–H and O–H groups in total. The van der Waals surface area contributed by atoms with E-state index < -0.39 is 0 Å². The van der Waals surface area contributed by atoms with Crippen molar-refractivity contribution in [3.8, 4) is 5.75 Å². The van der Waals surface area contributed by atoms with Crippen molar-refractivity contribution < 1.29 is 4.74 Å². The highest BCUT2D eigenvalue weighted by Crippen LogP contribution is 2.35. The Labute approximate surface area is 131 Å². The monoisotopic (exact) mass is 291 g/mol. The van der Waals surface area contributed by atoms with Crippen LogP contribution in [0.1, 0.15) is 77.8 Å². The molecule has 1 aromatic rings. The Kier molecular flexibility index (Phi) is 6.73. The molecule has 1 aromatic carbocycles. The van der Waals surface area contributed by atoms with E-state index >= 15 is 0 Å². The van der Waals surface area contributed by atoms with Gasteiger partial charge in [0.15, 0.2) is 0 Å². The van der Waals surface area contributed by atoms with Gasteiger partial charge in [-0.15, -0.1) is 0 Å². The minimum Gasteiger partial charge on any atom is -0.494 e. The van der Waals surface area contributed by atoms with Gasteiger partial charge in [-0.1, -0.05) is 46.8 Å². The topological polar surface area (TPSA) is 35.2 Å². The maximum Gasteiger partial charge on any atom is 0.123 e. The molecule has 120 valence electrons. The molecule has 0 bridgehead atoms. The summed E-state index contributed by atoms with van der Waals surface area (Å²) in [6, 6.07) is 7.00. The molecule has 2 nitrogen and oxygen atoms in total. The van der Waals surface area contributed by atoms with Gasteiger partial charge in [0.25, 0.3) is 0 Å². The third-order valence-corrected chi connectivity index (χ3v) is 4.18. The summed E-state index contributed by atoms with van der Waals surface area (Å²) < 4.78 is 5.79. The maximum atomic E-state index is 6.04. The van der Waals surface area contributed by atoms with Gasteiger partial charge in [0.1, 0.15) is 5.75 Å². The number of rotatable bonds is 7. The maximum absolute atomic E-state index is 6.04. The molecule has 0 radical (unpaired) electrons. The van der Waals surface area contributed by atoms with Crippen molar-refractivity contribution in [2.75, 3.05) is 6.61 Å². The van der Waals surface area contributed by atoms with Gasteiger partial charge in [0.05, 0.1) is 6.61 Å². The molecule has 2 unspecified atom stereocenters. The van der Waals surface area contributed by atoms with Gasteiger partial charge in [-0.2, -0.15) is 0 Å². The zero-order valence-corrected chi connectivity index (χ0v) is 14.7. The fourth-order valence-corrected chi connectivity index (χ4v) is 2.56. The summed E-state index contributed by atoms with van der Waals surface area (Å²) in [6.07, 6.45) is 3.30. The van der Waals surface area contributed by atoms with Crippen LogP contribution in [-0.4, -0.2) is 12.6 Å². The van der Waals surface area contributed by atoms with Gasteiger partial charge >= 0.3 is 0 Å². The van der Waals surface area contributed by atoms with Gasteiger partial charge in [-0.25, -0.2) is 0 Å². The number of nitrogens with two attached hydrogens (primary N) is 1. The van der Waals surface area contributed by atoms with E-state index in [4.69, 9.17) is 10.5 Å². The average Bonchev–Trinajstić information content (AvgIpc) is 2.43. The van der Waals surface area contributed by atoms with Crippen LogP contribution < -0.4 is 10.5 Å². The van der Waals surface area contributed by atoms with E-state index in [1.165, 1.54) is 11.1 Å². The number of hydrogen-bond acceptors (Lipinski definition) is 2. The van der Waals surface area contributed by atoms with Crippen molar-refractivity contribution >= 4 is 0 Å². The number of ether oxygens (including phenoxy) is 1. The zero-order valence-electron chi connectivity index (χ0n) is 14.7. The molecule has 0 amide bonds. The molecule has 0 aliphatic heterocycles. The fraction of sp³-hybridized carbons (Fsp3) is 0.684. The summed E-state index contributed by atoms with van der Waals surface area (Å²) >= 11 is 0. The summed E-state index contributed by atoms with van der Waals surface area (Å²) in [7, 11) is 0. The SMILES string of the molecule is CCOc1ccc(C(C)CCC(N)CC)cc1C(C)(C)C. The van der Waals surface area contributed by atoms with Crippen LogP contribution in [0.5, 0.6) is 5.75 Å². The molecular weight excluding hydrogens is 258 g/mol. The molecule has 21 heavy (non-hydrogen) atoms. The Morgan fingerprint density at radius 2 is 1.81 bits per heavy atom.